The van der Waals surface area contributed by atoms with Crippen molar-refractivity contribution in [2.75, 3.05) is 11.9 Å². The van der Waals surface area contributed by atoms with E-state index < -0.39 is 12.6 Å². The molecule has 0 fully saturated rings. The largest absolute Gasteiger partial charge is 0.491 e. The van der Waals surface area contributed by atoms with Gasteiger partial charge in [0, 0.05) is 12.5 Å². The second kappa shape index (κ2) is 8.15. The van der Waals surface area contributed by atoms with Crippen molar-refractivity contribution in [2.24, 2.45) is 0 Å². The molecule has 0 aliphatic rings. The Hall–Kier alpha value is -1.39. The molecule has 0 saturated heterocycles. The molecule has 2 nitrogen and oxygen atoms in total. The molecule has 1 atom stereocenters. The number of benzene rings is 1. The van der Waals surface area contributed by atoms with Gasteiger partial charge in [-0.25, -0.2) is 0 Å². The standard InChI is InChI=1S/C16H24F3NO/c1-4-10-21-15-11-12(2)7-8-14(15)20-13(3)6-5-9-16(17,18)19/h7-8,11,13,20H,4-6,9-10H2,1-3H3. The quantitative estimate of drug-likeness (QED) is 0.702. The lowest BCUT2D eigenvalue weighted by atomic mass is 10.1. The first-order valence-electron chi connectivity index (χ1n) is 7.38. The average molecular weight is 303 g/mol. The lowest BCUT2D eigenvalue weighted by Crippen LogP contribution is -2.17. The molecule has 1 unspecified atom stereocenters. The van der Waals surface area contributed by atoms with Gasteiger partial charge in [-0.3, -0.25) is 0 Å². The summed E-state index contributed by atoms with van der Waals surface area (Å²) in [6, 6.07) is 5.80. The van der Waals surface area contributed by atoms with Crippen molar-refractivity contribution in [3.63, 3.8) is 0 Å². The molecule has 1 aromatic carbocycles. The molecule has 0 aromatic heterocycles. The van der Waals surface area contributed by atoms with E-state index in [1.54, 1.807) is 0 Å². The number of anilines is 1. The Morgan fingerprint density at radius 1 is 1.29 bits per heavy atom. The first kappa shape index (κ1) is 17.7. The van der Waals surface area contributed by atoms with E-state index in [0.717, 1.165) is 23.4 Å². The van der Waals surface area contributed by atoms with Crippen molar-refractivity contribution in [1.82, 2.24) is 0 Å². The molecule has 0 amide bonds. The molecule has 0 bridgehead atoms. The van der Waals surface area contributed by atoms with Gasteiger partial charge in [-0.15, -0.1) is 0 Å². The third-order valence-electron chi connectivity index (χ3n) is 3.10. The van der Waals surface area contributed by atoms with Crippen molar-refractivity contribution in [3.8, 4) is 5.75 Å². The van der Waals surface area contributed by atoms with Gasteiger partial charge >= 0.3 is 6.18 Å². The van der Waals surface area contributed by atoms with Crippen molar-refractivity contribution in [3.05, 3.63) is 23.8 Å². The summed E-state index contributed by atoms with van der Waals surface area (Å²) in [6.07, 6.45) is -3.28. The summed E-state index contributed by atoms with van der Waals surface area (Å²) >= 11 is 0. The molecule has 0 radical (unpaired) electrons. The third kappa shape index (κ3) is 7.25. The Labute approximate surface area is 124 Å². The second-order valence-corrected chi connectivity index (χ2v) is 5.40. The Kier molecular flexibility index (Phi) is 6.85. The SMILES string of the molecule is CCCOc1cc(C)ccc1NC(C)CCCC(F)(F)F. The van der Waals surface area contributed by atoms with Crippen LogP contribution in [-0.2, 0) is 0 Å². The van der Waals surface area contributed by atoms with E-state index in [1.165, 1.54) is 0 Å². The van der Waals surface area contributed by atoms with E-state index in [9.17, 15) is 13.2 Å². The summed E-state index contributed by atoms with van der Waals surface area (Å²) in [5.41, 5.74) is 1.94. The topological polar surface area (TPSA) is 21.3 Å². The van der Waals surface area contributed by atoms with Crippen LogP contribution in [0.3, 0.4) is 0 Å². The first-order valence-corrected chi connectivity index (χ1v) is 7.38. The Balaban J connectivity index is 2.56. The predicted molar refractivity (Wildman–Crippen MR) is 80.0 cm³/mol. The van der Waals surface area contributed by atoms with Gasteiger partial charge in [-0.2, -0.15) is 13.2 Å². The molecule has 21 heavy (non-hydrogen) atoms. The monoisotopic (exact) mass is 303 g/mol. The Bertz CT molecular complexity index is 432. The molecule has 1 rings (SSSR count). The Morgan fingerprint density at radius 2 is 2.00 bits per heavy atom. The lowest BCUT2D eigenvalue weighted by molar-refractivity contribution is -0.135. The molecule has 1 N–H and O–H groups in total. The van der Waals surface area contributed by atoms with Crippen molar-refractivity contribution in [2.45, 2.75) is 58.7 Å². The molecule has 5 heteroatoms. The zero-order valence-electron chi connectivity index (χ0n) is 12.9. The minimum Gasteiger partial charge on any atom is -0.491 e. The van der Waals surface area contributed by atoms with Crippen LogP contribution in [0.5, 0.6) is 5.75 Å². The number of nitrogens with one attached hydrogen (secondary N) is 1. The van der Waals surface area contributed by atoms with Crippen molar-refractivity contribution < 1.29 is 17.9 Å². The first-order chi connectivity index (χ1) is 9.81. The van der Waals surface area contributed by atoms with E-state index in [2.05, 4.69) is 5.32 Å². The van der Waals surface area contributed by atoms with Crippen LogP contribution in [0.25, 0.3) is 0 Å². The summed E-state index contributed by atoms with van der Waals surface area (Å²) < 4.78 is 42.1. The number of ether oxygens (including phenoxy) is 1. The normalized spacial score (nSPS) is 13.0. The maximum atomic E-state index is 12.1. The van der Waals surface area contributed by atoms with Gasteiger partial charge in [0.05, 0.1) is 12.3 Å². The van der Waals surface area contributed by atoms with Gasteiger partial charge in [0.15, 0.2) is 0 Å². The number of hydrogen-bond donors (Lipinski definition) is 1. The Morgan fingerprint density at radius 3 is 2.62 bits per heavy atom. The number of alkyl halides is 3. The highest BCUT2D eigenvalue weighted by molar-refractivity contribution is 5.58. The lowest BCUT2D eigenvalue weighted by Gasteiger charge is -2.19. The molecule has 0 spiro atoms. The van der Waals surface area contributed by atoms with Crippen LogP contribution in [0.2, 0.25) is 0 Å². The predicted octanol–water partition coefficient (Wildman–Crippen LogP) is 5.32. The van der Waals surface area contributed by atoms with E-state index in [4.69, 9.17) is 4.74 Å². The van der Waals surface area contributed by atoms with E-state index in [0.29, 0.717) is 13.0 Å². The average Bonchev–Trinajstić information content (AvgIpc) is 2.37. The summed E-state index contributed by atoms with van der Waals surface area (Å²) in [6.45, 7) is 6.53. The van der Waals surface area contributed by atoms with Crippen LogP contribution in [0.4, 0.5) is 18.9 Å². The number of halogens is 3. The molecular weight excluding hydrogens is 279 g/mol. The summed E-state index contributed by atoms with van der Waals surface area (Å²) in [4.78, 5) is 0. The maximum Gasteiger partial charge on any atom is 0.389 e. The molecule has 0 heterocycles. The van der Waals surface area contributed by atoms with Crippen molar-refractivity contribution >= 4 is 5.69 Å². The van der Waals surface area contributed by atoms with E-state index in [1.807, 2.05) is 39.0 Å². The third-order valence-corrected chi connectivity index (χ3v) is 3.10. The summed E-state index contributed by atoms with van der Waals surface area (Å²) in [5, 5.41) is 3.24. The fourth-order valence-corrected chi connectivity index (χ4v) is 2.03. The molecule has 0 saturated carbocycles. The van der Waals surface area contributed by atoms with Gasteiger partial charge < -0.3 is 10.1 Å². The highest BCUT2D eigenvalue weighted by Gasteiger charge is 2.26. The van der Waals surface area contributed by atoms with Gasteiger partial charge in [0.25, 0.3) is 0 Å². The van der Waals surface area contributed by atoms with Gasteiger partial charge in [-0.1, -0.05) is 13.0 Å². The highest BCUT2D eigenvalue weighted by Crippen LogP contribution is 2.28. The maximum absolute atomic E-state index is 12.1. The summed E-state index contributed by atoms with van der Waals surface area (Å²) in [7, 11) is 0. The molecular formula is C16H24F3NO. The van der Waals surface area contributed by atoms with Crippen LogP contribution in [0.1, 0.15) is 45.1 Å². The van der Waals surface area contributed by atoms with E-state index >= 15 is 0 Å². The van der Waals surface area contributed by atoms with E-state index in [-0.39, 0.29) is 12.5 Å². The minimum absolute atomic E-state index is 0.0287. The zero-order chi connectivity index (χ0) is 15.9. The van der Waals surface area contributed by atoms with Gasteiger partial charge in [0.1, 0.15) is 5.75 Å². The van der Waals surface area contributed by atoms with Gasteiger partial charge in [0.2, 0.25) is 0 Å². The zero-order valence-corrected chi connectivity index (χ0v) is 12.9. The van der Waals surface area contributed by atoms with Crippen LogP contribution in [-0.4, -0.2) is 18.8 Å². The number of rotatable bonds is 8. The second-order valence-electron chi connectivity index (χ2n) is 5.40. The molecule has 0 aliphatic heterocycles. The fourth-order valence-electron chi connectivity index (χ4n) is 2.03. The minimum atomic E-state index is -4.07. The van der Waals surface area contributed by atoms with Crippen LogP contribution in [0, 0.1) is 6.92 Å². The number of aryl methyl sites for hydroxylation is 1. The van der Waals surface area contributed by atoms with Crippen LogP contribution < -0.4 is 10.1 Å². The smallest absolute Gasteiger partial charge is 0.389 e. The number of hydrogen-bond acceptors (Lipinski definition) is 2. The molecule has 0 aliphatic carbocycles. The molecule has 1 aromatic rings. The van der Waals surface area contributed by atoms with Crippen molar-refractivity contribution in [1.29, 1.82) is 0 Å². The summed E-state index contributed by atoms with van der Waals surface area (Å²) in [5.74, 6) is 0.763. The highest BCUT2D eigenvalue weighted by atomic mass is 19.4. The fraction of sp³-hybridized carbons (Fsp3) is 0.625. The molecule has 120 valence electrons. The van der Waals surface area contributed by atoms with Crippen LogP contribution in [0.15, 0.2) is 18.2 Å². The van der Waals surface area contributed by atoms with Crippen LogP contribution >= 0.6 is 0 Å². The van der Waals surface area contributed by atoms with Gasteiger partial charge in [-0.05, 0) is 50.8 Å².